The summed E-state index contributed by atoms with van der Waals surface area (Å²) in [6.45, 7) is 1.82. The first-order valence-electron chi connectivity index (χ1n) is 5.60. The number of aromatic nitrogens is 1. The van der Waals surface area contributed by atoms with E-state index in [0.717, 1.165) is 11.3 Å². The molecule has 1 N–H and O–H groups in total. The molecule has 1 heterocycles. The molecule has 3 nitrogen and oxygen atoms in total. The standard InChI is InChI=1S/C14H11Cl2NO2/c1-8-4-9(6-14(18)19)5-13(17-8)11-3-2-10(15)7-12(11)16/h2-5,7H,6H2,1H3,(H,18,19). The third-order valence-electron chi connectivity index (χ3n) is 2.58. The Bertz CT molecular complexity index is 641. The average molecular weight is 296 g/mol. The minimum atomic E-state index is -0.876. The van der Waals surface area contributed by atoms with Gasteiger partial charge in [-0.15, -0.1) is 0 Å². The van der Waals surface area contributed by atoms with Crippen LogP contribution in [0.3, 0.4) is 0 Å². The van der Waals surface area contributed by atoms with E-state index >= 15 is 0 Å². The van der Waals surface area contributed by atoms with Crippen molar-refractivity contribution in [3.63, 3.8) is 0 Å². The number of aryl methyl sites for hydroxylation is 1. The third-order valence-corrected chi connectivity index (χ3v) is 3.12. The van der Waals surface area contributed by atoms with E-state index in [-0.39, 0.29) is 6.42 Å². The zero-order valence-electron chi connectivity index (χ0n) is 10.2. The van der Waals surface area contributed by atoms with Gasteiger partial charge in [-0.1, -0.05) is 23.2 Å². The Morgan fingerprint density at radius 3 is 2.63 bits per heavy atom. The van der Waals surface area contributed by atoms with E-state index in [1.54, 1.807) is 30.3 Å². The topological polar surface area (TPSA) is 50.2 Å². The van der Waals surface area contributed by atoms with Crippen LogP contribution >= 0.6 is 23.2 Å². The third kappa shape index (κ3) is 3.46. The molecule has 0 aliphatic heterocycles. The molecule has 2 aromatic rings. The summed E-state index contributed by atoms with van der Waals surface area (Å²) in [5.41, 5.74) is 2.83. The van der Waals surface area contributed by atoms with Crippen LogP contribution in [0.15, 0.2) is 30.3 Å². The van der Waals surface area contributed by atoms with Crippen LogP contribution in [0, 0.1) is 6.92 Å². The summed E-state index contributed by atoms with van der Waals surface area (Å²) in [6.07, 6.45) is -0.0401. The lowest BCUT2D eigenvalue weighted by atomic mass is 10.1. The second-order valence-corrected chi connectivity index (χ2v) is 5.04. The second kappa shape index (κ2) is 5.59. The molecular weight excluding hydrogens is 285 g/mol. The van der Waals surface area contributed by atoms with Gasteiger partial charge in [0.05, 0.1) is 17.1 Å². The molecule has 0 saturated heterocycles. The van der Waals surface area contributed by atoms with E-state index in [1.165, 1.54) is 0 Å². The van der Waals surface area contributed by atoms with Crippen molar-refractivity contribution in [3.8, 4) is 11.3 Å². The molecule has 0 bridgehead atoms. The molecule has 1 aromatic carbocycles. The number of carbonyl (C=O) groups is 1. The van der Waals surface area contributed by atoms with Crippen LogP contribution < -0.4 is 0 Å². The van der Waals surface area contributed by atoms with Crippen molar-refractivity contribution in [3.05, 3.63) is 51.6 Å². The number of halogens is 2. The molecule has 19 heavy (non-hydrogen) atoms. The predicted octanol–water partition coefficient (Wildman–Crippen LogP) is 3.99. The van der Waals surface area contributed by atoms with Gasteiger partial charge in [-0.2, -0.15) is 0 Å². The van der Waals surface area contributed by atoms with Crippen molar-refractivity contribution in [2.24, 2.45) is 0 Å². The van der Waals surface area contributed by atoms with Crippen LogP contribution in [0.2, 0.25) is 10.0 Å². The summed E-state index contributed by atoms with van der Waals surface area (Å²) in [4.78, 5) is 15.2. The van der Waals surface area contributed by atoms with Crippen LogP contribution in [0.25, 0.3) is 11.3 Å². The van der Waals surface area contributed by atoms with Gasteiger partial charge < -0.3 is 5.11 Å². The lowest BCUT2D eigenvalue weighted by molar-refractivity contribution is -0.136. The Hall–Kier alpha value is -1.58. The maximum absolute atomic E-state index is 10.8. The van der Waals surface area contributed by atoms with Crippen LogP contribution in [0.4, 0.5) is 0 Å². The van der Waals surface area contributed by atoms with Gasteiger partial charge in [-0.05, 0) is 42.8 Å². The summed E-state index contributed by atoms with van der Waals surface area (Å²) in [5.74, 6) is -0.876. The number of aliphatic carboxylic acids is 1. The molecule has 0 fully saturated rings. The smallest absolute Gasteiger partial charge is 0.307 e. The zero-order chi connectivity index (χ0) is 14.0. The fourth-order valence-corrected chi connectivity index (χ4v) is 2.36. The summed E-state index contributed by atoms with van der Waals surface area (Å²) >= 11 is 12.0. The number of nitrogens with zero attached hydrogens (tertiary/aromatic N) is 1. The summed E-state index contributed by atoms with van der Waals surface area (Å²) in [5, 5.41) is 9.89. The Labute approximate surface area is 120 Å². The van der Waals surface area contributed by atoms with Gasteiger partial charge in [-0.3, -0.25) is 9.78 Å². The van der Waals surface area contributed by atoms with Crippen molar-refractivity contribution in [2.45, 2.75) is 13.3 Å². The van der Waals surface area contributed by atoms with Gasteiger partial charge >= 0.3 is 5.97 Å². The van der Waals surface area contributed by atoms with Crippen LogP contribution in [0.1, 0.15) is 11.3 Å². The monoisotopic (exact) mass is 295 g/mol. The fraction of sp³-hybridized carbons (Fsp3) is 0.143. The minimum absolute atomic E-state index is 0.0401. The van der Waals surface area contributed by atoms with E-state index in [9.17, 15) is 4.79 Å². The van der Waals surface area contributed by atoms with Crippen molar-refractivity contribution in [2.75, 3.05) is 0 Å². The highest BCUT2D eigenvalue weighted by Gasteiger charge is 2.09. The number of hydrogen-bond donors (Lipinski definition) is 1. The first-order chi connectivity index (χ1) is 8.95. The first-order valence-corrected chi connectivity index (χ1v) is 6.36. The molecule has 0 unspecified atom stereocenters. The van der Waals surface area contributed by atoms with Crippen molar-refractivity contribution in [1.82, 2.24) is 4.98 Å². The molecule has 0 amide bonds. The molecule has 2 rings (SSSR count). The largest absolute Gasteiger partial charge is 0.481 e. The molecule has 0 spiro atoms. The number of carboxylic acids is 1. The lowest BCUT2D eigenvalue weighted by Gasteiger charge is -2.07. The Morgan fingerprint density at radius 1 is 1.26 bits per heavy atom. The van der Waals surface area contributed by atoms with Gasteiger partial charge in [0.1, 0.15) is 0 Å². The van der Waals surface area contributed by atoms with E-state index in [1.807, 2.05) is 6.92 Å². The van der Waals surface area contributed by atoms with Crippen molar-refractivity contribution < 1.29 is 9.90 Å². The molecule has 0 aliphatic rings. The Kier molecular flexibility index (Phi) is 4.08. The highest BCUT2D eigenvalue weighted by Crippen LogP contribution is 2.29. The van der Waals surface area contributed by atoms with E-state index in [2.05, 4.69) is 4.98 Å². The van der Waals surface area contributed by atoms with Crippen LogP contribution in [-0.2, 0) is 11.2 Å². The first kappa shape index (κ1) is 13.8. The summed E-state index contributed by atoms with van der Waals surface area (Å²) < 4.78 is 0. The zero-order valence-corrected chi connectivity index (χ0v) is 11.7. The predicted molar refractivity (Wildman–Crippen MR) is 75.8 cm³/mol. The Balaban J connectivity index is 2.49. The Morgan fingerprint density at radius 2 is 2.00 bits per heavy atom. The van der Waals surface area contributed by atoms with E-state index < -0.39 is 5.97 Å². The molecule has 1 aromatic heterocycles. The highest BCUT2D eigenvalue weighted by atomic mass is 35.5. The summed E-state index contributed by atoms with van der Waals surface area (Å²) in [6, 6.07) is 8.62. The minimum Gasteiger partial charge on any atom is -0.481 e. The number of hydrogen-bond acceptors (Lipinski definition) is 2. The normalized spacial score (nSPS) is 10.5. The number of pyridine rings is 1. The quantitative estimate of drug-likeness (QED) is 0.931. The molecule has 0 aliphatic carbocycles. The molecular formula is C14H11Cl2NO2. The van der Waals surface area contributed by atoms with E-state index in [0.29, 0.717) is 21.3 Å². The van der Waals surface area contributed by atoms with Crippen LogP contribution in [-0.4, -0.2) is 16.1 Å². The summed E-state index contributed by atoms with van der Waals surface area (Å²) in [7, 11) is 0. The number of benzene rings is 1. The molecule has 0 radical (unpaired) electrons. The van der Waals surface area contributed by atoms with Gasteiger partial charge in [0, 0.05) is 16.3 Å². The maximum atomic E-state index is 10.8. The van der Waals surface area contributed by atoms with Crippen molar-refractivity contribution in [1.29, 1.82) is 0 Å². The van der Waals surface area contributed by atoms with E-state index in [4.69, 9.17) is 28.3 Å². The highest BCUT2D eigenvalue weighted by molar-refractivity contribution is 6.36. The van der Waals surface area contributed by atoms with Crippen molar-refractivity contribution >= 4 is 29.2 Å². The van der Waals surface area contributed by atoms with Gasteiger partial charge in [0.2, 0.25) is 0 Å². The van der Waals surface area contributed by atoms with Gasteiger partial charge in [0.25, 0.3) is 0 Å². The molecule has 0 atom stereocenters. The SMILES string of the molecule is Cc1cc(CC(=O)O)cc(-c2ccc(Cl)cc2Cl)n1. The lowest BCUT2D eigenvalue weighted by Crippen LogP contribution is -2.01. The molecule has 5 heteroatoms. The second-order valence-electron chi connectivity index (χ2n) is 4.20. The number of rotatable bonds is 3. The maximum Gasteiger partial charge on any atom is 0.307 e. The molecule has 0 saturated carbocycles. The molecule has 98 valence electrons. The average Bonchev–Trinajstić information content (AvgIpc) is 2.26. The fourth-order valence-electron chi connectivity index (χ4n) is 1.85. The van der Waals surface area contributed by atoms with Gasteiger partial charge in [-0.25, -0.2) is 0 Å². The van der Waals surface area contributed by atoms with Crippen LogP contribution in [0.5, 0.6) is 0 Å². The number of carboxylic acid groups (broad SMARTS) is 1. The van der Waals surface area contributed by atoms with Gasteiger partial charge in [0.15, 0.2) is 0 Å².